The van der Waals surface area contributed by atoms with E-state index in [1.165, 1.54) is 17.3 Å². The second-order valence-electron chi connectivity index (χ2n) is 20.2. The van der Waals surface area contributed by atoms with Gasteiger partial charge in [-0.1, -0.05) is 68.2 Å². The van der Waals surface area contributed by atoms with E-state index < -0.39 is 53.8 Å². The zero-order valence-electron chi connectivity index (χ0n) is 40.4. The van der Waals surface area contributed by atoms with E-state index in [1.54, 1.807) is 28.6 Å². The van der Waals surface area contributed by atoms with Crippen LogP contribution < -0.4 is 20.3 Å². The fourth-order valence-corrected chi connectivity index (χ4v) is 11.5. The molecule has 4 aromatic heterocycles. The fourth-order valence-electron chi connectivity index (χ4n) is 10.0. The van der Waals surface area contributed by atoms with Gasteiger partial charge in [-0.25, -0.2) is 15.0 Å². The van der Waals surface area contributed by atoms with Crippen LogP contribution in [0.4, 0.5) is 5.95 Å². The summed E-state index contributed by atoms with van der Waals surface area (Å²) in [6, 6.07) is 11.2. The molecule has 5 atom stereocenters. The number of aromatic nitrogens is 6. The van der Waals surface area contributed by atoms with Crippen molar-refractivity contribution >= 4 is 75.0 Å². The van der Waals surface area contributed by atoms with Crippen molar-refractivity contribution in [2.75, 3.05) is 37.6 Å². The molecule has 0 aliphatic carbocycles. The number of nitrogens with one attached hydrogen (secondary N) is 3. The second-order valence-corrected chi connectivity index (χ2v) is 21.8. The van der Waals surface area contributed by atoms with Crippen LogP contribution in [0, 0.1) is 17.8 Å². The maximum absolute atomic E-state index is 14.3. The predicted molar refractivity (Wildman–Crippen MR) is 272 cm³/mol. The van der Waals surface area contributed by atoms with Gasteiger partial charge in [0, 0.05) is 85.9 Å². The molecule has 71 heavy (non-hydrogen) atoms. The molecule has 3 aliphatic heterocycles. The molecule has 0 unspecified atom stereocenters. The number of carbonyl (C=O) groups excluding carboxylic acids is 4. The molecule has 9 rings (SSSR count). The number of nitrogens with zero attached hydrogens (tertiary/aromatic N) is 8. The quantitative estimate of drug-likeness (QED) is 0.0830. The van der Waals surface area contributed by atoms with Crippen molar-refractivity contribution in [1.29, 1.82) is 0 Å². The summed E-state index contributed by atoms with van der Waals surface area (Å²) < 4.78 is 6.24. The standard InChI is InChI=1S/C51H57Cl2N11O6S/c1-28(31-8-10-32(11-9-31)45-29(2)57-27-71-45)58-47(68)40-16-34(65)23-64(40)48(69)46(50(4,5)6)59-41(66)18-42(67)62-15-7-14-51(24-62)25-63(26-51)49-55-19-33(20-56-49)44-36-17-35(12-13-39(36)60-61-44)70-30(3)43-37(52)21-54-22-38(43)53/h8-13,17,19-22,27-28,30,34,40,46,65H,7,14-16,18,23-26H2,1-6H3,(H,58,68)(H,59,66)(H,60,61)/t28-,30+,34+,40-,46+/m0/s1. The summed E-state index contributed by atoms with van der Waals surface area (Å²) >= 11 is 14.3. The van der Waals surface area contributed by atoms with Gasteiger partial charge in [0.2, 0.25) is 29.6 Å². The minimum absolute atomic E-state index is 0.0587. The number of aliphatic hydroxyl groups excluding tert-OH is 1. The van der Waals surface area contributed by atoms with Crippen molar-refractivity contribution in [1.82, 2.24) is 50.6 Å². The molecular weight excluding hydrogens is 966 g/mol. The van der Waals surface area contributed by atoms with Gasteiger partial charge in [-0.3, -0.25) is 29.3 Å². The number of aromatic amines is 1. The summed E-state index contributed by atoms with van der Waals surface area (Å²) in [6.07, 6.45) is 6.52. The first-order chi connectivity index (χ1) is 33.9. The van der Waals surface area contributed by atoms with Crippen molar-refractivity contribution in [2.24, 2.45) is 10.8 Å². The van der Waals surface area contributed by atoms with Gasteiger partial charge in [-0.05, 0) is 68.4 Å². The third kappa shape index (κ3) is 10.6. The van der Waals surface area contributed by atoms with Crippen LogP contribution >= 0.6 is 34.5 Å². The number of amides is 4. The molecule has 1 spiro atoms. The molecule has 17 nitrogen and oxygen atoms in total. The van der Waals surface area contributed by atoms with Crippen LogP contribution in [0.25, 0.3) is 32.6 Å². The Hall–Kier alpha value is -6.21. The van der Waals surface area contributed by atoms with Crippen molar-refractivity contribution in [3.63, 3.8) is 0 Å². The Kier molecular flexibility index (Phi) is 14.1. The average Bonchev–Trinajstić information content (AvgIpc) is 4.07. The number of pyridine rings is 1. The van der Waals surface area contributed by atoms with E-state index >= 15 is 0 Å². The molecule has 0 radical (unpaired) electrons. The van der Waals surface area contributed by atoms with Crippen molar-refractivity contribution in [3.05, 3.63) is 99.6 Å². The minimum atomic E-state index is -1.06. The second kappa shape index (κ2) is 20.1. The summed E-state index contributed by atoms with van der Waals surface area (Å²) in [7, 11) is 0. The number of carbonyl (C=O) groups is 4. The number of β-amino-alcohol motifs (C(OH)–C–C–N with tert-alkyl or cyclic N) is 1. The number of benzene rings is 2. The van der Waals surface area contributed by atoms with Crippen LogP contribution in [0.15, 0.2) is 72.8 Å². The molecule has 0 bridgehead atoms. The van der Waals surface area contributed by atoms with Crippen LogP contribution in [0.5, 0.6) is 5.75 Å². The number of halogens is 2. The zero-order chi connectivity index (χ0) is 50.4. The Morgan fingerprint density at radius 3 is 2.35 bits per heavy atom. The van der Waals surface area contributed by atoms with Gasteiger partial charge in [0.05, 0.1) is 43.8 Å². The average molecular weight is 1020 g/mol. The summed E-state index contributed by atoms with van der Waals surface area (Å²) in [5, 5.41) is 25.9. The minimum Gasteiger partial charge on any atom is -0.486 e. The number of anilines is 1. The Balaban J connectivity index is 0.782. The first kappa shape index (κ1) is 49.8. The van der Waals surface area contributed by atoms with Crippen molar-refractivity contribution in [2.45, 2.75) is 97.6 Å². The summed E-state index contributed by atoms with van der Waals surface area (Å²) in [5.41, 5.74) is 6.57. The molecule has 3 saturated heterocycles. The molecule has 372 valence electrons. The first-order valence-electron chi connectivity index (χ1n) is 23.7. The maximum Gasteiger partial charge on any atom is 0.246 e. The molecule has 4 N–H and O–H groups in total. The van der Waals surface area contributed by atoms with Gasteiger partial charge in [0.15, 0.2) is 0 Å². The molecule has 0 saturated carbocycles. The lowest BCUT2D eigenvalue weighted by atomic mass is 9.73. The lowest BCUT2D eigenvalue weighted by Gasteiger charge is -2.54. The molecule has 3 aliphatic rings. The van der Waals surface area contributed by atoms with E-state index in [1.807, 2.05) is 89.5 Å². The molecular formula is C51H57Cl2N11O6S. The normalized spacial score (nSPS) is 19.0. The SMILES string of the molecule is Cc1ncsc1-c1ccc([C@H](C)NC(=O)[C@@H]2C[C@@H](O)CN2C(=O)[C@@H](NC(=O)CC(=O)N2CCCC3(C2)CN(c2ncc(-c4n[nH]c5ccc(O[C@H](C)c6c(Cl)cncc6Cl)cc45)cn2)C3)C(C)(C)C)cc1. The van der Waals surface area contributed by atoms with Crippen LogP contribution in [-0.2, 0) is 19.2 Å². The predicted octanol–water partition coefficient (Wildman–Crippen LogP) is 7.48. The summed E-state index contributed by atoms with van der Waals surface area (Å²) in [4.78, 5) is 79.6. The Labute approximate surface area is 425 Å². The third-order valence-electron chi connectivity index (χ3n) is 13.8. The Bertz CT molecular complexity index is 2930. The van der Waals surface area contributed by atoms with Gasteiger partial charge in [0.25, 0.3) is 0 Å². The number of H-pyrrole nitrogens is 1. The van der Waals surface area contributed by atoms with E-state index in [-0.39, 0.29) is 30.3 Å². The number of hydrogen-bond donors (Lipinski definition) is 4. The number of fused-ring (bicyclic) bond motifs is 1. The number of aryl methyl sites for hydroxylation is 1. The fraction of sp³-hybridized carbons (Fsp3) is 0.431. The number of piperidine rings is 1. The highest BCUT2D eigenvalue weighted by atomic mass is 35.5. The maximum atomic E-state index is 14.3. The highest BCUT2D eigenvalue weighted by molar-refractivity contribution is 7.13. The molecule has 4 amide bonds. The number of thiazole rings is 1. The Morgan fingerprint density at radius 2 is 1.68 bits per heavy atom. The lowest BCUT2D eigenvalue weighted by molar-refractivity contribution is -0.145. The van der Waals surface area contributed by atoms with Crippen LogP contribution in [0.1, 0.15) is 89.3 Å². The van der Waals surface area contributed by atoms with Crippen molar-refractivity contribution < 1.29 is 29.0 Å². The number of ether oxygens (including phenoxy) is 1. The Morgan fingerprint density at radius 1 is 0.958 bits per heavy atom. The van der Waals surface area contributed by atoms with E-state index in [0.29, 0.717) is 59.2 Å². The van der Waals surface area contributed by atoms with Gasteiger partial charge in [-0.2, -0.15) is 5.10 Å². The largest absolute Gasteiger partial charge is 0.486 e. The zero-order valence-corrected chi connectivity index (χ0v) is 42.7. The van der Waals surface area contributed by atoms with Gasteiger partial charge < -0.3 is 35.2 Å². The summed E-state index contributed by atoms with van der Waals surface area (Å²) in [5.74, 6) is -0.622. The van der Waals surface area contributed by atoms with E-state index in [0.717, 1.165) is 51.0 Å². The molecule has 6 aromatic rings. The van der Waals surface area contributed by atoms with Gasteiger partial charge >= 0.3 is 0 Å². The molecule has 7 heterocycles. The number of hydrogen-bond acceptors (Lipinski definition) is 13. The van der Waals surface area contributed by atoms with E-state index in [2.05, 4.69) is 35.7 Å². The number of aliphatic hydroxyl groups is 1. The number of likely N-dealkylation sites (tertiary alicyclic amines) is 2. The molecule has 2 aromatic carbocycles. The smallest absolute Gasteiger partial charge is 0.246 e. The van der Waals surface area contributed by atoms with Gasteiger partial charge in [-0.15, -0.1) is 11.3 Å². The summed E-state index contributed by atoms with van der Waals surface area (Å²) in [6.45, 7) is 13.4. The third-order valence-corrected chi connectivity index (χ3v) is 15.4. The highest BCUT2D eigenvalue weighted by Gasteiger charge is 2.48. The molecule has 20 heteroatoms. The molecule has 3 fully saturated rings. The highest BCUT2D eigenvalue weighted by Crippen LogP contribution is 2.41. The topological polar surface area (TPSA) is 212 Å². The van der Waals surface area contributed by atoms with Crippen molar-refractivity contribution in [3.8, 4) is 27.4 Å². The first-order valence-corrected chi connectivity index (χ1v) is 25.4. The number of rotatable bonds is 13. The van der Waals surface area contributed by atoms with E-state index in [4.69, 9.17) is 37.9 Å². The lowest BCUT2D eigenvalue weighted by Crippen LogP contribution is -2.64. The van der Waals surface area contributed by atoms with Gasteiger partial charge in [0.1, 0.15) is 36.1 Å². The van der Waals surface area contributed by atoms with Crippen LogP contribution in [0.2, 0.25) is 10.0 Å². The van der Waals surface area contributed by atoms with Crippen LogP contribution in [0.3, 0.4) is 0 Å². The monoisotopic (exact) mass is 1020 g/mol. The van der Waals surface area contributed by atoms with Crippen LogP contribution in [-0.4, -0.2) is 120 Å². The van der Waals surface area contributed by atoms with E-state index in [9.17, 15) is 24.3 Å².